The molecule has 1 aromatic carbocycles. The van der Waals surface area contributed by atoms with Crippen molar-refractivity contribution < 1.29 is 9.90 Å². The standard InChI is InChI=1S/C9H7O2/c1-2-9(11)7-3-5-8(10)6-4-7/h2-6H,1H2. The minimum Gasteiger partial charge on any atom is -0.290 e. The largest absolute Gasteiger partial charge is 0.290 e. The van der Waals surface area contributed by atoms with Crippen LogP contribution in [-0.4, -0.2) is 5.78 Å². The van der Waals surface area contributed by atoms with Gasteiger partial charge >= 0.3 is 0 Å². The first kappa shape index (κ1) is 7.54. The van der Waals surface area contributed by atoms with E-state index in [1.807, 2.05) is 0 Å². The summed E-state index contributed by atoms with van der Waals surface area (Å²) in [6.07, 6.45) is 1.22. The van der Waals surface area contributed by atoms with Gasteiger partial charge in [-0.25, -0.2) is 0 Å². The molecule has 0 unspecified atom stereocenters. The molecular formula is C9H7O2. The maximum absolute atomic E-state index is 10.9. The summed E-state index contributed by atoms with van der Waals surface area (Å²) in [4.78, 5) is 10.9. The van der Waals surface area contributed by atoms with Crippen LogP contribution in [0.5, 0.6) is 5.75 Å². The molecule has 0 aliphatic carbocycles. The molecule has 0 saturated heterocycles. The summed E-state index contributed by atoms with van der Waals surface area (Å²) >= 11 is 0. The summed E-state index contributed by atoms with van der Waals surface area (Å²) in [5.74, 6) is -0.254. The molecule has 11 heavy (non-hydrogen) atoms. The van der Waals surface area contributed by atoms with E-state index < -0.39 is 0 Å². The van der Waals surface area contributed by atoms with Crippen LogP contribution in [0.4, 0.5) is 0 Å². The van der Waals surface area contributed by atoms with E-state index in [-0.39, 0.29) is 11.5 Å². The summed E-state index contributed by atoms with van der Waals surface area (Å²) in [7, 11) is 0. The average Bonchev–Trinajstić information content (AvgIpc) is 2.05. The Hall–Kier alpha value is -1.57. The molecule has 1 rings (SSSR count). The molecule has 0 atom stereocenters. The zero-order chi connectivity index (χ0) is 8.27. The highest BCUT2D eigenvalue weighted by Gasteiger charge is 1.99. The third-order valence-electron chi connectivity index (χ3n) is 1.32. The van der Waals surface area contributed by atoms with E-state index in [0.717, 1.165) is 0 Å². The monoisotopic (exact) mass is 147 g/mol. The molecule has 0 spiro atoms. The zero-order valence-electron chi connectivity index (χ0n) is 5.91. The van der Waals surface area contributed by atoms with Crippen LogP contribution in [0, 0.1) is 0 Å². The van der Waals surface area contributed by atoms with Crippen molar-refractivity contribution >= 4 is 5.78 Å². The summed E-state index contributed by atoms with van der Waals surface area (Å²) in [6, 6.07) is 5.70. The maximum atomic E-state index is 10.9. The van der Waals surface area contributed by atoms with E-state index in [1.165, 1.54) is 30.3 Å². The Morgan fingerprint density at radius 3 is 2.27 bits per heavy atom. The van der Waals surface area contributed by atoms with E-state index in [2.05, 4.69) is 6.58 Å². The van der Waals surface area contributed by atoms with Gasteiger partial charge in [-0.3, -0.25) is 9.90 Å². The van der Waals surface area contributed by atoms with Crippen molar-refractivity contribution in [1.82, 2.24) is 0 Å². The van der Waals surface area contributed by atoms with Gasteiger partial charge in [-0.05, 0) is 30.3 Å². The predicted octanol–water partition coefficient (Wildman–Crippen LogP) is 2.20. The van der Waals surface area contributed by atoms with Crippen molar-refractivity contribution in [2.75, 3.05) is 0 Å². The number of benzene rings is 1. The Morgan fingerprint density at radius 1 is 1.27 bits per heavy atom. The molecular weight excluding hydrogens is 140 g/mol. The summed E-state index contributed by atoms with van der Waals surface area (Å²) in [5.41, 5.74) is 0.500. The third kappa shape index (κ3) is 1.67. The molecule has 0 N–H and O–H groups in total. The van der Waals surface area contributed by atoms with Gasteiger partial charge in [0.15, 0.2) is 11.5 Å². The first-order valence-corrected chi connectivity index (χ1v) is 3.18. The topological polar surface area (TPSA) is 37.0 Å². The number of hydrogen-bond donors (Lipinski definition) is 0. The Balaban J connectivity index is 2.98. The van der Waals surface area contributed by atoms with Crippen LogP contribution in [-0.2, 0) is 5.11 Å². The molecule has 1 radical (unpaired) electrons. The normalized spacial score (nSPS) is 9.09. The van der Waals surface area contributed by atoms with E-state index in [4.69, 9.17) is 0 Å². The smallest absolute Gasteiger partial charge is 0.185 e. The second-order valence-corrected chi connectivity index (χ2v) is 2.09. The Bertz CT molecular complexity index is 272. The van der Waals surface area contributed by atoms with Crippen molar-refractivity contribution in [2.45, 2.75) is 0 Å². The first-order chi connectivity index (χ1) is 5.24. The van der Waals surface area contributed by atoms with Crippen molar-refractivity contribution in [3.05, 3.63) is 42.5 Å². The molecule has 2 heteroatoms. The maximum Gasteiger partial charge on any atom is 0.185 e. The van der Waals surface area contributed by atoms with E-state index in [0.29, 0.717) is 5.56 Å². The van der Waals surface area contributed by atoms with Crippen LogP contribution >= 0.6 is 0 Å². The quantitative estimate of drug-likeness (QED) is 0.466. The van der Waals surface area contributed by atoms with Gasteiger partial charge in [0, 0.05) is 5.56 Å². The van der Waals surface area contributed by atoms with Crippen LogP contribution in [0.2, 0.25) is 0 Å². The highest BCUT2D eigenvalue weighted by molar-refractivity contribution is 6.04. The van der Waals surface area contributed by atoms with Crippen molar-refractivity contribution in [1.29, 1.82) is 0 Å². The van der Waals surface area contributed by atoms with E-state index in [1.54, 1.807) is 0 Å². The number of hydrogen-bond acceptors (Lipinski definition) is 1. The molecule has 0 heterocycles. The molecule has 0 aliphatic heterocycles. The molecule has 2 nitrogen and oxygen atoms in total. The SMILES string of the molecule is C=CC(=O)c1ccc([O])cc1. The van der Waals surface area contributed by atoms with Crippen molar-refractivity contribution in [3.8, 4) is 5.75 Å². The van der Waals surface area contributed by atoms with Crippen LogP contribution in [0.15, 0.2) is 36.9 Å². The molecule has 0 fully saturated rings. The van der Waals surface area contributed by atoms with Crippen molar-refractivity contribution in [2.24, 2.45) is 0 Å². The Morgan fingerprint density at radius 2 is 1.82 bits per heavy atom. The zero-order valence-corrected chi connectivity index (χ0v) is 5.91. The number of ketones is 1. The fourth-order valence-corrected chi connectivity index (χ4v) is 0.737. The lowest BCUT2D eigenvalue weighted by molar-refractivity contribution is 0.104. The molecule has 0 aliphatic rings. The second kappa shape index (κ2) is 3.01. The Kier molecular flexibility index (Phi) is 2.06. The van der Waals surface area contributed by atoms with Crippen molar-refractivity contribution in [3.63, 3.8) is 0 Å². The van der Waals surface area contributed by atoms with Gasteiger partial charge in [-0.1, -0.05) is 6.58 Å². The van der Waals surface area contributed by atoms with Gasteiger partial charge in [0.05, 0.1) is 0 Å². The number of allylic oxidation sites excluding steroid dienone is 1. The van der Waals surface area contributed by atoms with Gasteiger partial charge in [-0.15, -0.1) is 0 Å². The van der Waals surface area contributed by atoms with Gasteiger partial charge < -0.3 is 0 Å². The van der Waals surface area contributed by atoms with Crippen LogP contribution < -0.4 is 0 Å². The number of carbonyl (C=O) groups is 1. The van der Waals surface area contributed by atoms with Gasteiger partial charge in [0.25, 0.3) is 0 Å². The number of carbonyl (C=O) groups excluding carboxylic acids is 1. The molecule has 0 amide bonds. The van der Waals surface area contributed by atoms with Gasteiger partial charge in [0.1, 0.15) is 0 Å². The minimum absolute atomic E-state index is 0.0920. The third-order valence-corrected chi connectivity index (χ3v) is 1.32. The first-order valence-electron chi connectivity index (χ1n) is 3.18. The minimum atomic E-state index is -0.162. The van der Waals surface area contributed by atoms with Gasteiger partial charge in [-0.2, -0.15) is 0 Å². The lowest BCUT2D eigenvalue weighted by Gasteiger charge is -1.92. The van der Waals surface area contributed by atoms with Crippen LogP contribution in [0.25, 0.3) is 0 Å². The summed E-state index contributed by atoms with van der Waals surface area (Å²) < 4.78 is 0. The molecule has 0 saturated carbocycles. The van der Waals surface area contributed by atoms with E-state index >= 15 is 0 Å². The predicted molar refractivity (Wildman–Crippen MR) is 41.1 cm³/mol. The highest BCUT2D eigenvalue weighted by Crippen LogP contribution is 2.10. The molecule has 55 valence electrons. The van der Waals surface area contributed by atoms with E-state index in [9.17, 15) is 9.90 Å². The Labute approximate surface area is 64.8 Å². The highest BCUT2D eigenvalue weighted by atomic mass is 16.3. The lowest BCUT2D eigenvalue weighted by atomic mass is 10.1. The molecule has 0 bridgehead atoms. The second-order valence-electron chi connectivity index (χ2n) is 2.09. The van der Waals surface area contributed by atoms with Crippen LogP contribution in [0.3, 0.4) is 0 Å². The lowest BCUT2D eigenvalue weighted by Crippen LogP contribution is -1.91. The summed E-state index contributed by atoms with van der Waals surface area (Å²) in [6.45, 7) is 3.33. The van der Waals surface area contributed by atoms with Crippen LogP contribution in [0.1, 0.15) is 10.4 Å². The number of rotatable bonds is 2. The molecule has 1 aromatic rings. The fourth-order valence-electron chi connectivity index (χ4n) is 0.737. The molecule has 0 aromatic heterocycles. The summed E-state index contributed by atoms with van der Waals surface area (Å²) in [5, 5.41) is 10.6. The average molecular weight is 147 g/mol. The van der Waals surface area contributed by atoms with Gasteiger partial charge in [0.2, 0.25) is 0 Å². The fraction of sp³-hybridized carbons (Fsp3) is 0.